The number of morpholine rings is 1. The van der Waals surface area contributed by atoms with Gasteiger partial charge in [-0.05, 0) is 24.6 Å². The van der Waals surface area contributed by atoms with Crippen LogP contribution in [-0.4, -0.2) is 51.0 Å². The minimum atomic E-state index is 0.501. The molecule has 0 atom stereocenters. The van der Waals surface area contributed by atoms with Gasteiger partial charge in [0.2, 0.25) is 0 Å². The molecule has 1 aliphatic rings. The van der Waals surface area contributed by atoms with E-state index in [1.165, 1.54) is 5.56 Å². The van der Waals surface area contributed by atoms with Crippen LogP contribution in [0.3, 0.4) is 0 Å². The Hall–Kier alpha value is -4.04. The van der Waals surface area contributed by atoms with Crippen molar-refractivity contribution >= 4 is 16.9 Å². The van der Waals surface area contributed by atoms with Crippen LogP contribution in [0.4, 0.5) is 5.82 Å². The summed E-state index contributed by atoms with van der Waals surface area (Å²) in [5.74, 6) is 1.96. The van der Waals surface area contributed by atoms with E-state index in [1.807, 2.05) is 36.7 Å². The molecule has 0 aliphatic carbocycles. The summed E-state index contributed by atoms with van der Waals surface area (Å²) in [6, 6.07) is 14.1. The molecule has 1 saturated heterocycles. The lowest BCUT2D eigenvalue weighted by atomic mass is 10.1. The van der Waals surface area contributed by atoms with Gasteiger partial charge in [0, 0.05) is 48.9 Å². The third-order valence-corrected chi connectivity index (χ3v) is 5.74. The maximum absolute atomic E-state index is 6.24. The third kappa shape index (κ3) is 3.74. The highest BCUT2D eigenvalue weighted by Gasteiger charge is 2.22. The molecule has 0 radical (unpaired) electrons. The molecule has 0 amide bonds. The van der Waals surface area contributed by atoms with Gasteiger partial charge in [-0.1, -0.05) is 29.8 Å². The van der Waals surface area contributed by atoms with Gasteiger partial charge in [0.25, 0.3) is 5.95 Å². The lowest BCUT2D eigenvalue weighted by molar-refractivity contribution is 0.122. The van der Waals surface area contributed by atoms with Crippen molar-refractivity contribution in [3.05, 3.63) is 72.8 Å². The van der Waals surface area contributed by atoms with E-state index >= 15 is 0 Å². The second-order valence-corrected chi connectivity index (χ2v) is 8.06. The zero-order valence-electron chi connectivity index (χ0n) is 18.2. The van der Waals surface area contributed by atoms with Crippen molar-refractivity contribution in [2.45, 2.75) is 6.92 Å². The molecule has 1 fully saturated rings. The van der Waals surface area contributed by atoms with Gasteiger partial charge in [0.05, 0.1) is 19.4 Å². The Morgan fingerprint density at radius 3 is 2.61 bits per heavy atom. The first kappa shape index (κ1) is 19.6. The summed E-state index contributed by atoms with van der Waals surface area (Å²) < 4.78 is 13.5. The normalized spacial score (nSPS) is 14.2. The standard InChI is InChI=1S/C25H22N6O2/c1-17-4-2-5-18(12-17)20-15-27-31(16-20)25-28-21-13-22(19-6-3-7-26-14-19)33-23(21)24(29-25)30-8-10-32-11-9-30/h2-7,12-16H,8-11H2,1H3. The fourth-order valence-electron chi connectivity index (χ4n) is 4.05. The van der Waals surface area contributed by atoms with Crippen molar-refractivity contribution in [1.29, 1.82) is 0 Å². The minimum absolute atomic E-state index is 0.501. The van der Waals surface area contributed by atoms with Crippen molar-refractivity contribution < 1.29 is 9.15 Å². The summed E-state index contributed by atoms with van der Waals surface area (Å²) in [5.41, 5.74) is 5.61. The molecule has 0 bridgehead atoms. The molecule has 0 unspecified atom stereocenters. The van der Waals surface area contributed by atoms with Crippen LogP contribution < -0.4 is 4.90 Å². The molecule has 33 heavy (non-hydrogen) atoms. The molecule has 4 aromatic heterocycles. The number of benzene rings is 1. The van der Waals surface area contributed by atoms with Crippen LogP contribution in [0.2, 0.25) is 0 Å². The summed E-state index contributed by atoms with van der Waals surface area (Å²) in [4.78, 5) is 16.1. The van der Waals surface area contributed by atoms with Gasteiger partial charge < -0.3 is 14.1 Å². The number of fused-ring (bicyclic) bond motifs is 1. The number of ether oxygens (including phenoxy) is 1. The molecule has 1 aromatic carbocycles. The van der Waals surface area contributed by atoms with E-state index in [0.717, 1.165) is 41.1 Å². The third-order valence-electron chi connectivity index (χ3n) is 5.74. The molecule has 8 nitrogen and oxygen atoms in total. The van der Waals surface area contributed by atoms with E-state index in [2.05, 4.69) is 40.1 Å². The number of furan rings is 1. The Kier molecular flexibility index (Phi) is 4.84. The smallest absolute Gasteiger partial charge is 0.253 e. The number of rotatable bonds is 4. The Bertz CT molecular complexity index is 1420. The summed E-state index contributed by atoms with van der Waals surface area (Å²) in [6.45, 7) is 4.86. The number of anilines is 1. The Morgan fingerprint density at radius 2 is 1.79 bits per heavy atom. The predicted octanol–water partition coefficient (Wildman–Crippen LogP) is 4.28. The molecular weight excluding hydrogens is 416 g/mol. The predicted molar refractivity (Wildman–Crippen MR) is 125 cm³/mol. The van der Waals surface area contributed by atoms with Crippen LogP contribution in [0.1, 0.15) is 5.56 Å². The molecule has 0 saturated carbocycles. The van der Waals surface area contributed by atoms with Crippen LogP contribution in [-0.2, 0) is 4.74 Å². The first-order chi connectivity index (χ1) is 16.2. The maximum atomic E-state index is 6.24. The number of hydrogen-bond donors (Lipinski definition) is 0. The fourth-order valence-corrected chi connectivity index (χ4v) is 4.05. The fraction of sp³-hybridized carbons (Fsp3) is 0.200. The van der Waals surface area contributed by atoms with Gasteiger partial charge >= 0.3 is 0 Å². The highest BCUT2D eigenvalue weighted by molar-refractivity contribution is 5.88. The summed E-state index contributed by atoms with van der Waals surface area (Å²) in [6.07, 6.45) is 7.32. The van der Waals surface area contributed by atoms with Crippen molar-refractivity contribution in [2.24, 2.45) is 0 Å². The monoisotopic (exact) mass is 438 g/mol. The number of hydrogen-bond acceptors (Lipinski definition) is 7. The molecule has 164 valence electrons. The molecule has 8 heteroatoms. The average Bonchev–Trinajstić information content (AvgIpc) is 3.52. The summed E-state index contributed by atoms with van der Waals surface area (Å²) >= 11 is 0. The molecular formula is C25H22N6O2. The van der Waals surface area contributed by atoms with E-state index in [0.29, 0.717) is 30.5 Å². The first-order valence-corrected chi connectivity index (χ1v) is 10.9. The van der Waals surface area contributed by atoms with Crippen LogP contribution in [0.25, 0.3) is 39.5 Å². The topological polar surface area (TPSA) is 82.1 Å². The molecule has 0 N–H and O–H groups in total. The SMILES string of the molecule is Cc1cccc(-c2cnn(-c3nc(N4CCOCC4)c4oc(-c5cccnc5)cc4n3)c2)c1. The van der Waals surface area contributed by atoms with Crippen molar-refractivity contribution in [1.82, 2.24) is 24.7 Å². The lowest BCUT2D eigenvalue weighted by Crippen LogP contribution is -2.37. The molecule has 5 aromatic rings. The van der Waals surface area contributed by atoms with Gasteiger partial charge in [0.1, 0.15) is 11.3 Å². The number of aromatic nitrogens is 5. The summed E-state index contributed by atoms with van der Waals surface area (Å²) in [7, 11) is 0. The highest BCUT2D eigenvalue weighted by atomic mass is 16.5. The van der Waals surface area contributed by atoms with Gasteiger partial charge in [-0.3, -0.25) is 4.98 Å². The van der Waals surface area contributed by atoms with Crippen LogP contribution in [0, 0.1) is 6.92 Å². The Balaban J connectivity index is 1.47. The minimum Gasteiger partial charge on any atom is -0.450 e. The lowest BCUT2D eigenvalue weighted by Gasteiger charge is -2.27. The highest BCUT2D eigenvalue weighted by Crippen LogP contribution is 2.33. The number of aryl methyl sites for hydroxylation is 1. The van der Waals surface area contributed by atoms with E-state index in [-0.39, 0.29) is 0 Å². The van der Waals surface area contributed by atoms with Gasteiger partial charge in [0.15, 0.2) is 11.4 Å². The molecule has 0 spiro atoms. The Labute approximate surface area is 190 Å². The van der Waals surface area contributed by atoms with Crippen LogP contribution >= 0.6 is 0 Å². The maximum Gasteiger partial charge on any atom is 0.253 e. The van der Waals surface area contributed by atoms with Gasteiger partial charge in [-0.25, -0.2) is 9.67 Å². The average molecular weight is 438 g/mol. The van der Waals surface area contributed by atoms with Gasteiger partial charge in [-0.15, -0.1) is 0 Å². The van der Waals surface area contributed by atoms with Crippen LogP contribution in [0.5, 0.6) is 0 Å². The first-order valence-electron chi connectivity index (χ1n) is 10.9. The number of nitrogens with zero attached hydrogens (tertiary/aromatic N) is 6. The zero-order valence-corrected chi connectivity index (χ0v) is 18.2. The van der Waals surface area contributed by atoms with E-state index < -0.39 is 0 Å². The second kappa shape index (κ2) is 8.14. The van der Waals surface area contributed by atoms with Gasteiger partial charge in [-0.2, -0.15) is 10.1 Å². The van der Waals surface area contributed by atoms with Crippen LogP contribution in [0.15, 0.2) is 71.7 Å². The van der Waals surface area contributed by atoms with E-state index in [1.54, 1.807) is 17.1 Å². The second-order valence-electron chi connectivity index (χ2n) is 8.06. The van der Waals surface area contributed by atoms with E-state index in [4.69, 9.17) is 19.1 Å². The Morgan fingerprint density at radius 1 is 0.909 bits per heavy atom. The van der Waals surface area contributed by atoms with Crippen molar-refractivity contribution in [3.63, 3.8) is 0 Å². The number of pyridine rings is 1. The molecule has 5 heterocycles. The summed E-state index contributed by atoms with van der Waals surface area (Å²) in [5, 5.41) is 4.56. The van der Waals surface area contributed by atoms with E-state index in [9.17, 15) is 0 Å². The molecule has 1 aliphatic heterocycles. The molecule has 6 rings (SSSR count). The quantitative estimate of drug-likeness (QED) is 0.414. The van der Waals surface area contributed by atoms with Crippen molar-refractivity contribution in [3.8, 4) is 28.4 Å². The van der Waals surface area contributed by atoms with Crippen molar-refractivity contribution in [2.75, 3.05) is 31.2 Å². The zero-order chi connectivity index (χ0) is 22.2. The largest absolute Gasteiger partial charge is 0.450 e.